The molecule has 2 aliphatic heterocycles. The van der Waals surface area contributed by atoms with E-state index in [1.54, 1.807) is 6.20 Å². The van der Waals surface area contributed by atoms with Gasteiger partial charge >= 0.3 is 0 Å². The van der Waals surface area contributed by atoms with Crippen molar-refractivity contribution >= 4 is 34.9 Å². The van der Waals surface area contributed by atoms with Crippen LogP contribution in [-0.4, -0.2) is 45.7 Å². The molecule has 7 nitrogen and oxygen atoms in total. The van der Waals surface area contributed by atoms with Crippen molar-refractivity contribution in [3.8, 4) is 0 Å². The first-order valence-electron chi connectivity index (χ1n) is 11.4. The van der Waals surface area contributed by atoms with Gasteiger partial charge in [0.1, 0.15) is 11.6 Å². The molecule has 0 unspecified atom stereocenters. The molecule has 2 saturated heterocycles. The number of rotatable bonds is 5. The first kappa shape index (κ1) is 21.7. The highest BCUT2D eigenvalue weighted by Gasteiger charge is 2.24. The van der Waals surface area contributed by atoms with Crippen molar-refractivity contribution < 1.29 is 0 Å². The van der Waals surface area contributed by atoms with Crippen LogP contribution in [0, 0.1) is 5.92 Å². The van der Waals surface area contributed by atoms with Crippen molar-refractivity contribution in [1.82, 2.24) is 20.3 Å². The Morgan fingerprint density at radius 1 is 1.13 bits per heavy atom. The molecule has 2 aromatic rings. The summed E-state index contributed by atoms with van der Waals surface area (Å²) in [5, 5.41) is 6.98. The lowest BCUT2D eigenvalue weighted by atomic mass is 10.0. The summed E-state index contributed by atoms with van der Waals surface area (Å²) >= 11 is 5.53. The van der Waals surface area contributed by atoms with Crippen LogP contribution in [0.3, 0.4) is 0 Å². The number of aromatic nitrogens is 3. The molecule has 166 valence electrons. The fourth-order valence-corrected chi connectivity index (χ4v) is 4.62. The Kier molecular flexibility index (Phi) is 7.17. The van der Waals surface area contributed by atoms with Crippen molar-refractivity contribution in [2.75, 3.05) is 34.8 Å². The summed E-state index contributed by atoms with van der Waals surface area (Å²) in [7, 11) is 0. The van der Waals surface area contributed by atoms with Gasteiger partial charge in [0.05, 0.1) is 0 Å². The zero-order valence-electron chi connectivity index (χ0n) is 18.5. The predicted molar refractivity (Wildman–Crippen MR) is 131 cm³/mol. The predicted octanol–water partition coefficient (Wildman–Crippen LogP) is 3.97. The Hall–Kier alpha value is -2.48. The van der Waals surface area contributed by atoms with Crippen LogP contribution in [-0.2, 0) is 6.54 Å². The third-order valence-electron chi connectivity index (χ3n) is 6.18. The average molecular weight is 440 g/mol. The van der Waals surface area contributed by atoms with Crippen LogP contribution in [0.25, 0.3) is 0 Å². The number of thiocarbonyl (C=S) groups is 1. The molecule has 2 fully saturated rings. The second-order valence-corrected chi connectivity index (χ2v) is 9.22. The van der Waals surface area contributed by atoms with Crippen LogP contribution < -0.4 is 20.4 Å². The van der Waals surface area contributed by atoms with E-state index < -0.39 is 0 Å². The average Bonchev–Trinajstić information content (AvgIpc) is 2.78. The molecule has 4 heterocycles. The quantitative estimate of drug-likeness (QED) is 0.678. The lowest BCUT2D eigenvalue weighted by Gasteiger charge is -2.36. The van der Waals surface area contributed by atoms with Crippen LogP contribution in [0.5, 0.6) is 0 Å². The minimum atomic E-state index is 0.486. The molecule has 0 amide bonds. The summed E-state index contributed by atoms with van der Waals surface area (Å²) < 4.78 is 0. The van der Waals surface area contributed by atoms with Gasteiger partial charge in [-0.3, -0.25) is 4.98 Å². The van der Waals surface area contributed by atoms with E-state index in [0.29, 0.717) is 29.6 Å². The third-order valence-corrected chi connectivity index (χ3v) is 6.42. The van der Waals surface area contributed by atoms with E-state index in [-0.39, 0.29) is 0 Å². The largest absolute Gasteiger partial charge is 0.358 e. The summed E-state index contributed by atoms with van der Waals surface area (Å²) in [5.41, 5.74) is 1.08. The minimum Gasteiger partial charge on any atom is -0.358 e. The molecule has 0 aromatic carbocycles. The van der Waals surface area contributed by atoms with E-state index in [1.165, 1.54) is 32.1 Å². The number of hydrogen-bond acceptors (Lipinski definition) is 6. The summed E-state index contributed by atoms with van der Waals surface area (Å²) in [4.78, 5) is 18.7. The number of hydrogen-bond donors (Lipinski definition) is 2. The molecule has 2 atom stereocenters. The van der Waals surface area contributed by atoms with Gasteiger partial charge in [-0.05, 0) is 68.8 Å². The first-order valence-corrected chi connectivity index (χ1v) is 11.8. The molecule has 0 spiro atoms. The molecule has 2 aromatic heterocycles. The molecule has 0 aliphatic carbocycles. The van der Waals surface area contributed by atoms with E-state index in [9.17, 15) is 0 Å². The zero-order chi connectivity index (χ0) is 21.6. The van der Waals surface area contributed by atoms with Gasteiger partial charge in [0.25, 0.3) is 0 Å². The van der Waals surface area contributed by atoms with Crippen molar-refractivity contribution in [2.24, 2.45) is 5.92 Å². The molecule has 0 bridgehead atoms. The van der Waals surface area contributed by atoms with Crippen molar-refractivity contribution in [3.63, 3.8) is 0 Å². The second kappa shape index (κ2) is 10.2. The summed E-state index contributed by atoms with van der Waals surface area (Å²) in [6.45, 7) is 8.33. The summed E-state index contributed by atoms with van der Waals surface area (Å²) in [6.07, 6.45) is 9.78. The van der Waals surface area contributed by atoms with Crippen LogP contribution in [0.15, 0.2) is 30.6 Å². The lowest BCUT2D eigenvalue weighted by molar-refractivity contribution is 0.444. The Labute approximate surface area is 190 Å². The fraction of sp³-hybridized carbons (Fsp3) is 0.565. The van der Waals surface area contributed by atoms with Crippen molar-refractivity contribution in [1.29, 1.82) is 0 Å². The minimum absolute atomic E-state index is 0.486. The molecular weight excluding hydrogens is 406 g/mol. The number of piperidine rings is 2. The van der Waals surface area contributed by atoms with Crippen LogP contribution in [0.1, 0.15) is 51.5 Å². The van der Waals surface area contributed by atoms with Gasteiger partial charge in [-0.1, -0.05) is 13.0 Å². The molecule has 2 N–H and O–H groups in total. The Morgan fingerprint density at radius 3 is 2.77 bits per heavy atom. The van der Waals surface area contributed by atoms with Gasteiger partial charge < -0.3 is 20.4 Å². The van der Waals surface area contributed by atoms with Crippen LogP contribution in [0.2, 0.25) is 0 Å². The van der Waals surface area contributed by atoms with E-state index in [0.717, 1.165) is 36.8 Å². The molecule has 4 rings (SSSR count). The molecule has 2 aliphatic rings. The SMILES string of the molecule is C[C@@H]1CCCN(c2cc(N3CCCC[C@@H]3C)nc(NC(=S)NCc3cccnc3)n2)C1. The topological polar surface area (TPSA) is 69.2 Å². The molecule has 0 radical (unpaired) electrons. The zero-order valence-corrected chi connectivity index (χ0v) is 19.4. The highest BCUT2D eigenvalue weighted by Crippen LogP contribution is 2.29. The number of nitrogens with zero attached hydrogens (tertiary/aromatic N) is 5. The highest BCUT2D eigenvalue weighted by atomic mass is 32.1. The van der Waals surface area contributed by atoms with Gasteiger partial charge in [0.15, 0.2) is 5.11 Å². The standard InChI is InChI=1S/C23H33N7S/c1-17-7-6-11-29(16-17)20-13-21(30-12-4-3-8-18(30)2)27-22(26-20)28-23(31)25-15-19-9-5-10-24-14-19/h5,9-10,13-14,17-18H,3-4,6-8,11-12,15-16H2,1-2H3,(H2,25,26,27,28,31)/t17-,18+/m1/s1. The maximum absolute atomic E-state index is 5.53. The highest BCUT2D eigenvalue weighted by molar-refractivity contribution is 7.80. The Morgan fingerprint density at radius 2 is 2.00 bits per heavy atom. The van der Waals surface area contributed by atoms with Crippen LogP contribution >= 0.6 is 12.2 Å². The molecule has 0 saturated carbocycles. The van der Waals surface area contributed by atoms with Gasteiger partial charge in [-0.15, -0.1) is 0 Å². The van der Waals surface area contributed by atoms with Gasteiger partial charge in [-0.2, -0.15) is 9.97 Å². The van der Waals surface area contributed by atoms with Crippen molar-refractivity contribution in [3.05, 3.63) is 36.2 Å². The molecule has 31 heavy (non-hydrogen) atoms. The van der Waals surface area contributed by atoms with Gasteiger partial charge in [-0.25, -0.2) is 0 Å². The number of pyridine rings is 1. The summed E-state index contributed by atoms with van der Waals surface area (Å²) in [5.74, 6) is 3.23. The first-order chi connectivity index (χ1) is 15.1. The number of anilines is 3. The van der Waals surface area contributed by atoms with E-state index in [1.807, 2.05) is 18.3 Å². The second-order valence-electron chi connectivity index (χ2n) is 8.81. The number of nitrogens with one attached hydrogen (secondary N) is 2. The lowest BCUT2D eigenvalue weighted by Crippen LogP contribution is -2.39. The molecule has 8 heteroatoms. The van der Waals surface area contributed by atoms with Crippen molar-refractivity contribution in [2.45, 2.75) is 58.5 Å². The summed E-state index contributed by atoms with van der Waals surface area (Å²) in [6, 6.07) is 6.59. The van der Waals surface area contributed by atoms with E-state index >= 15 is 0 Å². The smallest absolute Gasteiger partial charge is 0.232 e. The fourth-order valence-electron chi connectivity index (χ4n) is 4.45. The monoisotopic (exact) mass is 439 g/mol. The van der Waals surface area contributed by atoms with Gasteiger partial charge in [0, 0.05) is 50.7 Å². The maximum Gasteiger partial charge on any atom is 0.232 e. The Bertz CT molecular complexity index is 875. The van der Waals surface area contributed by atoms with E-state index in [4.69, 9.17) is 22.2 Å². The Balaban J connectivity index is 1.52. The maximum atomic E-state index is 5.53. The van der Waals surface area contributed by atoms with E-state index in [2.05, 4.69) is 45.3 Å². The third kappa shape index (κ3) is 5.81. The van der Waals surface area contributed by atoms with Gasteiger partial charge in [0.2, 0.25) is 5.95 Å². The van der Waals surface area contributed by atoms with Crippen LogP contribution in [0.4, 0.5) is 17.6 Å². The molecular formula is C23H33N7S. The normalized spacial score (nSPS) is 21.6.